The van der Waals surface area contributed by atoms with Crippen LogP contribution in [-0.2, 0) is 5.41 Å². The van der Waals surface area contributed by atoms with Crippen molar-refractivity contribution in [3.05, 3.63) is 65.5 Å². The van der Waals surface area contributed by atoms with Gasteiger partial charge in [0.2, 0.25) is 0 Å². The average molecular weight is 374 g/mol. The first-order valence-corrected chi connectivity index (χ1v) is 10.2. The number of amides is 2. The molecule has 5 rings (SSSR count). The summed E-state index contributed by atoms with van der Waals surface area (Å²) in [6.07, 6.45) is 4.25. The lowest BCUT2D eigenvalue weighted by Gasteiger charge is -2.25. The summed E-state index contributed by atoms with van der Waals surface area (Å²) in [4.78, 5) is 23.1. The number of likely N-dealkylation sites (tertiary alicyclic amines) is 1. The first kappa shape index (κ1) is 17.3. The van der Waals surface area contributed by atoms with E-state index < -0.39 is 0 Å². The van der Waals surface area contributed by atoms with Crippen LogP contribution in [0.4, 0.5) is 4.79 Å². The van der Waals surface area contributed by atoms with E-state index in [4.69, 9.17) is 4.98 Å². The molecule has 1 saturated heterocycles. The minimum Gasteiger partial charge on any atom is -0.340 e. The molecule has 0 bridgehead atoms. The summed E-state index contributed by atoms with van der Waals surface area (Å²) in [7, 11) is 0. The van der Waals surface area contributed by atoms with Gasteiger partial charge in [-0.15, -0.1) is 0 Å². The molecule has 2 fully saturated rings. The molecule has 2 heterocycles. The molecule has 1 unspecified atom stereocenters. The van der Waals surface area contributed by atoms with Crippen molar-refractivity contribution >= 4 is 17.1 Å². The van der Waals surface area contributed by atoms with Gasteiger partial charge in [-0.25, -0.2) is 9.78 Å². The van der Waals surface area contributed by atoms with Gasteiger partial charge < -0.3 is 15.2 Å². The summed E-state index contributed by atoms with van der Waals surface area (Å²) in [6.45, 7) is 3.57. The van der Waals surface area contributed by atoms with Crippen LogP contribution in [0, 0.1) is 6.92 Å². The third-order valence-electron chi connectivity index (χ3n) is 6.30. The monoisotopic (exact) mass is 374 g/mol. The van der Waals surface area contributed by atoms with Crippen molar-refractivity contribution in [3.8, 4) is 0 Å². The molecule has 2 amide bonds. The topological polar surface area (TPSA) is 61.0 Å². The van der Waals surface area contributed by atoms with E-state index in [1.165, 1.54) is 11.1 Å². The van der Waals surface area contributed by atoms with E-state index in [0.29, 0.717) is 6.54 Å². The molecule has 0 radical (unpaired) electrons. The van der Waals surface area contributed by atoms with Crippen molar-refractivity contribution in [2.45, 2.75) is 44.1 Å². The molecular weight excluding hydrogens is 348 g/mol. The zero-order valence-electron chi connectivity index (χ0n) is 16.2. The smallest absolute Gasteiger partial charge is 0.318 e. The van der Waals surface area contributed by atoms with Gasteiger partial charge in [0.1, 0.15) is 5.82 Å². The second-order valence-electron chi connectivity index (χ2n) is 8.30. The lowest BCUT2D eigenvalue weighted by molar-refractivity contribution is 0.190. The molecule has 1 atom stereocenters. The van der Waals surface area contributed by atoms with E-state index in [0.717, 1.165) is 49.1 Å². The highest BCUT2D eigenvalue weighted by Crippen LogP contribution is 2.47. The van der Waals surface area contributed by atoms with Gasteiger partial charge in [-0.3, -0.25) is 0 Å². The number of nitrogens with one attached hydrogen (secondary N) is 2. The van der Waals surface area contributed by atoms with Gasteiger partial charge in [-0.1, -0.05) is 36.4 Å². The van der Waals surface area contributed by atoms with Crippen molar-refractivity contribution in [2.24, 2.45) is 0 Å². The number of hydrogen-bond acceptors (Lipinski definition) is 2. The molecule has 1 aliphatic carbocycles. The Balaban J connectivity index is 1.30. The highest BCUT2D eigenvalue weighted by molar-refractivity contribution is 5.77. The first-order chi connectivity index (χ1) is 13.6. The van der Waals surface area contributed by atoms with E-state index in [1.54, 1.807) is 0 Å². The van der Waals surface area contributed by atoms with Crippen molar-refractivity contribution < 1.29 is 4.79 Å². The number of fused-ring (bicyclic) bond motifs is 1. The Kier molecular flexibility index (Phi) is 4.11. The number of urea groups is 1. The maximum Gasteiger partial charge on any atom is 0.318 e. The van der Waals surface area contributed by atoms with Crippen molar-refractivity contribution in [1.29, 1.82) is 0 Å². The molecule has 2 aliphatic rings. The number of benzene rings is 2. The minimum atomic E-state index is 0.0274. The van der Waals surface area contributed by atoms with Crippen LogP contribution in [0.25, 0.3) is 11.0 Å². The van der Waals surface area contributed by atoms with Crippen LogP contribution in [0.1, 0.15) is 48.7 Å². The molecule has 2 N–H and O–H groups in total. The highest BCUT2D eigenvalue weighted by Gasteiger charge is 2.44. The normalized spacial score (nSPS) is 20.5. The van der Waals surface area contributed by atoms with Crippen LogP contribution in [0.3, 0.4) is 0 Å². The third-order valence-corrected chi connectivity index (χ3v) is 6.30. The van der Waals surface area contributed by atoms with Crippen LogP contribution in [0.2, 0.25) is 0 Å². The number of rotatable bonds is 4. The molecule has 0 spiro atoms. The van der Waals surface area contributed by atoms with Gasteiger partial charge in [0.15, 0.2) is 0 Å². The van der Waals surface area contributed by atoms with E-state index in [1.807, 2.05) is 17.0 Å². The summed E-state index contributed by atoms with van der Waals surface area (Å²) < 4.78 is 0. The Bertz CT molecular complexity index is 1010. The Morgan fingerprint density at radius 2 is 2.07 bits per heavy atom. The van der Waals surface area contributed by atoms with Crippen LogP contribution >= 0.6 is 0 Å². The van der Waals surface area contributed by atoms with Gasteiger partial charge in [0.05, 0.1) is 17.1 Å². The number of imidazole rings is 1. The van der Waals surface area contributed by atoms with Crippen LogP contribution in [-0.4, -0.2) is 34.0 Å². The average Bonchev–Trinajstić information content (AvgIpc) is 3.15. The van der Waals surface area contributed by atoms with Crippen LogP contribution in [0.15, 0.2) is 48.5 Å². The van der Waals surface area contributed by atoms with E-state index in [-0.39, 0.29) is 17.5 Å². The molecule has 144 valence electrons. The van der Waals surface area contributed by atoms with E-state index >= 15 is 0 Å². The number of carbonyl (C=O) groups is 1. The molecule has 1 aromatic heterocycles. The largest absolute Gasteiger partial charge is 0.340 e. The fraction of sp³-hybridized carbons (Fsp3) is 0.391. The summed E-state index contributed by atoms with van der Waals surface area (Å²) in [5.74, 6) is 0.900. The Labute approximate surface area is 165 Å². The van der Waals surface area contributed by atoms with Gasteiger partial charge in [0, 0.05) is 18.5 Å². The van der Waals surface area contributed by atoms with Crippen molar-refractivity contribution in [1.82, 2.24) is 20.2 Å². The SMILES string of the molecule is Cc1ccc2nc(C3CCCN3C(=O)NCC3(c4ccccc4)CC3)[nH]c2c1. The molecule has 1 aliphatic heterocycles. The first-order valence-electron chi connectivity index (χ1n) is 10.2. The molecule has 5 nitrogen and oxygen atoms in total. The predicted molar refractivity (Wildman–Crippen MR) is 110 cm³/mol. The lowest BCUT2D eigenvalue weighted by Crippen LogP contribution is -2.42. The number of hydrogen-bond donors (Lipinski definition) is 2. The third kappa shape index (κ3) is 3.05. The van der Waals surface area contributed by atoms with E-state index in [2.05, 4.69) is 53.6 Å². The maximum atomic E-state index is 13.0. The second kappa shape index (κ2) is 6.66. The number of H-pyrrole nitrogens is 1. The molecule has 2 aromatic carbocycles. The molecular formula is C23H26N4O. The second-order valence-corrected chi connectivity index (χ2v) is 8.30. The maximum absolute atomic E-state index is 13.0. The van der Waals surface area contributed by atoms with Crippen molar-refractivity contribution in [3.63, 3.8) is 0 Å². The summed E-state index contributed by atoms with van der Waals surface area (Å²) >= 11 is 0. The van der Waals surface area contributed by atoms with Gasteiger partial charge in [0.25, 0.3) is 0 Å². The van der Waals surface area contributed by atoms with Gasteiger partial charge in [-0.2, -0.15) is 0 Å². The Morgan fingerprint density at radius 3 is 2.86 bits per heavy atom. The number of nitrogens with zero attached hydrogens (tertiary/aromatic N) is 2. The number of aryl methyl sites for hydroxylation is 1. The highest BCUT2D eigenvalue weighted by atomic mass is 16.2. The van der Waals surface area contributed by atoms with Gasteiger partial charge in [-0.05, 0) is 55.9 Å². The van der Waals surface area contributed by atoms with Crippen LogP contribution < -0.4 is 5.32 Å². The molecule has 1 saturated carbocycles. The fourth-order valence-corrected chi connectivity index (χ4v) is 4.45. The fourth-order valence-electron chi connectivity index (χ4n) is 4.45. The summed E-state index contributed by atoms with van der Waals surface area (Å²) in [5.41, 5.74) is 4.68. The zero-order chi connectivity index (χ0) is 19.1. The van der Waals surface area contributed by atoms with Gasteiger partial charge >= 0.3 is 6.03 Å². The van der Waals surface area contributed by atoms with E-state index in [9.17, 15) is 4.79 Å². The predicted octanol–water partition coefficient (Wildman–Crippen LogP) is 4.45. The minimum absolute atomic E-state index is 0.0274. The number of aromatic nitrogens is 2. The lowest BCUT2D eigenvalue weighted by atomic mass is 9.96. The summed E-state index contributed by atoms with van der Waals surface area (Å²) in [5, 5.41) is 3.21. The molecule has 3 aromatic rings. The molecule has 5 heteroatoms. The Hall–Kier alpha value is -2.82. The quantitative estimate of drug-likeness (QED) is 0.709. The summed E-state index contributed by atoms with van der Waals surface area (Å²) in [6, 6.07) is 16.8. The standard InChI is InChI=1S/C23H26N4O/c1-16-9-10-18-19(14-16)26-21(25-18)20-8-5-13-27(20)22(28)24-15-23(11-12-23)17-6-3-2-4-7-17/h2-4,6-7,9-10,14,20H,5,8,11-13,15H2,1H3,(H,24,28)(H,25,26). The zero-order valence-corrected chi connectivity index (χ0v) is 16.2. The Morgan fingerprint density at radius 1 is 1.25 bits per heavy atom. The number of aromatic amines is 1. The van der Waals surface area contributed by atoms with Crippen molar-refractivity contribution in [2.75, 3.05) is 13.1 Å². The molecule has 28 heavy (non-hydrogen) atoms. The number of carbonyl (C=O) groups excluding carboxylic acids is 1. The van der Waals surface area contributed by atoms with Crippen LogP contribution in [0.5, 0.6) is 0 Å².